The second-order valence-corrected chi connectivity index (χ2v) is 8.13. The minimum absolute atomic E-state index is 0.266. The summed E-state index contributed by atoms with van der Waals surface area (Å²) in [7, 11) is -1.24. The van der Waals surface area contributed by atoms with Crippen LogP contribution >= 0.6 is 8.07 Å². The summed E-state index contributed by atoms with van der Waals surface area (Å²) in [6.45, 7) is 2.23. The van der Waals surface area contributed by atoms with E-state index in [1.807, 2.05) is 12.1 Å². The molecule has 2 atom stereocenters. The minimum Gasteiger partial charge on any atom is -0.285 e. The summed E-state index contributed by atoms with van der Waals surface area (Å²) in [6, 6.07) is 13.8. The van der Waals surface area contributed by atoms with Crippen LogP contribution < -0.4 is 15.7 Å². The van der Waals surface area contributed by atoms with E-state index in [4.69, 9.17) is 0 Å². The first kappa shape index (κ1) is 16.5. The highest BCUT2D eigenvalue weighted by atomic mass is 31.1. The molecule has 1 saturated carbocycles. The SMILES string of the molecule is CC1CCCCC1NP(c1ccccc1F)c1ccccc1F. The van der Waals surface area contributed by atoms with Crippen molar-refractivity contribution in [2.24, 2.45) is 5.92 Å². The zero-order chi connectivity index (χ0) is 16.2. The first-order chi connectivity index (χ1) is 11.2. The molecule has 0 aliphatic heterocycles. The Morgan fingerprint density at radius 3 is 1.91 bits per heavy atom. The topological polar surface area (TPSA) is 12.0 Å². The summed E-state index contributed by atoms with van der Waals surface area (Å²) in [5.41, 5.74) is 0. The number of rotatable bonds is 4. The molecule has 0 radical (unpaired) electrons. The van der Waals surface area contributed by atoms with Gasteiger partial charge in [-0.1, -0.05) is 44.0 Å². The molecule has 4 heteroatoms. The quantitative estimate of drug-likeness (QED) is 0.814. The Kier molecular flexibility index (Phi) is 5.40. The number of halogens is 2. The van der Waals surface area contributed by atoms with E-state index in [2.05, 4.69) is 12.0 Å². The smallest absolute Gasteiger partial charge is 0.132 e. The zero-order valence-electron chi connectivity index (χ0n) is 13.3. The molecule has 0 spiro atoms. The molecule has 2 aromatic rings. The highest BCUT2D eigenvalue weighted by molar-refractivity contribution is 7.71. The molecule has 0 heterocycles. The zero-order valence-corrected chi connectivity index (χ0v) is 14.2. The lowest BCUT2D eigenvalue weighted by Crippen LogP contribution is -2.39. The third kappa shape index (κ3) is 3.79. The summed E-state index contributed by atoms with van der Waals surface area (Å²) in [4.78, 5) is 0. The monoisotopic (exact) mass is 333 g/mol. The van der Waals surface area contributed by atoms with Crippen LogP contribution in [-0.2, 0) is 0 Å². The van der Waals surface area contributed by atoms with Crippen LogP contribution in [0.4, 0.5) is 8.78 Å². The Labute approximate surface area is 137 Å². The lowest BCUT2D eigenvalue weighted by Gasteiger charge is -2.33. The van der Waals surface area contributed by atoms with Gasteiger partial charge in [-0.05, 0) is 43.0 Å². The largest absolute Gasteiger partial charge is 0.285 e. The standard InChI is InChI=1S/C19H22F2NP/c1-14-8-2-5-11-17(14)22-23(18-12-6-3-9-15(18)20)19-13-7-4-10-16(19)21/h3-4,6-7,9-10,12-14,17,22H,2,5,8,11H2,1H3. The highest BCUT2D eigenvalue weighted by Crippen LogP contribution is 2.36. The average molecular weight is 333 g/mol. The van der Waals surface area contributed by atoms with Crippen molar-refractivity contribution in [1.29, 1.82) is 0 Å². The third-order valence-electron chi connectivity index (χ3n) is 4.59. The summed E-state index contributed by atoms with van der Waals surface area (Å²) in [6.07, 6.45) is 4.68. The van der Waals surface area contributed by atoms with Gasteiger partial charge >= 0.3 is 0 Å². The molecular weight excluding hydrogens is 311 g/mol. The minimum atomic E-state index is -1.24. The van der Waals surface area contributed by atoms with E-state index in [0.29, 0.717) is 22.6 Å². The van der Waals surface area contributed by atoms with E-state index in [-0.39, 0.29) is 11.6 Å². The van der Waals surface area contributed by atoms with E-state index in [1.54, 1.807) is 24.3 Å². The van der Waals surface area contributed by atoms with Gasteiger partial charge in [-0.2, -0.15) is 0 Å². The van der Waals surface area contributed by atoms with Crippen LogP contribution in [0.25, 0.3) is 0 Å². The molecule has 0 saturated heterocycles. The van der Waals surface area contributed by atoms with Crippen LogP contribution in [0.1, 0.15) is 32.6 Å². The Morgan fingerprint density at radius 2 is 1.39 bits per heavy atom. The van der Waals surface area contributed by atoms with E-state index in [1.165, 1.54) is 31.4 Å². The normalized spacial score (nSPS) is 21.6. The van der Waals surface area contributed by atoms with Crippen molar-refractivity contribution in [3.8, 4) is 0 Å². The Hall–Kier alpha value is -1.31. The van der Waals surface area contributed by atoms with Gasteiger partial charge in [0.1, 0.15) is 11.6 Å². The number of nitrogens with one attached hydrogen (secondary N) is 1. The molecular formula is C19H22F2NP. The maximum absolute atomic E-state index is 14.4. The van der Waals surface area contributed by atoms with E-state index in [0.717, 1.165) is 6.42 Å². The van der Waals surface area contributed by atoms with Gasteiger partial charge in [-0.15, -0.1) is 0 Å². The number of benzene rings is 2. The van der Waals surface area contributed by atoms with Gasteiger partial charge in [0.15, 0.2) is 0 Å². The van der Waals surface area contributed by atoms with Crippen molar-refractivity contribution in [3.05, 3.63) is 60.2 Å². The van der Waals surface area contributed by atoms with Gasteiger partial charge in [0.05, 0.1) is 0 Å². The van der Waals surface area contributed by atoms with E-state index < -0.39 is 8.07 Å². The molecule has 3 rings (SSSR count). The van der Waals surface area contributed by atoms with Crippen LogP contribution in [0.15, 0.2) is 48.5 Å². The predicted octanol–water partition coefficient (Wildman–Crippen LogP) is 4.48. The van der Waals surface area contributed by atoms with Crippen molar-refractivity contribution < 1.29 is 8.78 Å². The molecule has 1 fully saturated rings. The van der Waals surface area contributed by atoms with Crippen molar-refractivity contribution in [1.82, 2.24) is 5.09 Å². The Bertz CT molecular complexity index is 616. The average Bonchev–Trinajstić information content (AvgIpc) is 2.56. The summed E-state index contributed by atoms with van der Waals surface area (Å²) >= 11 is 0. The molecule has 0 aromatic heterocycles. The molecule has 0 bridgehead atoms. The highest BCUT2D eigenvalue weighted by Gasteiger charge is 2.28. The molecule has 122 valence electrons. The van der Waals surface area contributed by atoms with Crippen molar-refractivity contribution >= 4 is 18.7 Å². The summed E-state index contributed by atoms with van der Waals surface area (Å²) < 4.78 is 28.7. The summed E-state index contributed by atoms with van der Waals surface area (Å²) in [5, 5.41) is 4.75. The van der Waals surface area contributed by atoms with Gasteiger partial charge in [0, 0.05) is 24.7 Å². The van der Waals surface area contributed by atoms with Gasteiger partial charge in [0.2, 0.25) is 0 Å². The van der Waals surface area contributed by atoms with Gasteiger partial charge in [0.25, 0.3) is 0 Å². The van der Waals surface area contributed by atoms with Gasteiger partial charge in [-0.25, -0.2) is 8.78 Å². The molecule has 1 N–H and O–H groups in total. The van der Waals surface area contributed by atoms with Crippen molar-refractivity contribution in [2.45, 2.75) is 38.6 Å². The van der Waals surface area contributed by atoms with Crippen LogP contribution in [0, 0.1) is 17.6 Å². The van der Waals surface area contributed by atoms with Crippen LogP contribution in [0.3, 0.4) is 0 Å². The van der Waals surface area contributed by atoms with E-state index in [9.17, 15) is 8.78 Å². The first-order valence-corrected chi connectivity index (χ1v) is 9.56. The fraction of sp³-hybridized carbons (Fsp3) is 0.368. The first-order valence-electron chi connectivity index (χ1n) is 8.22. The molecule has 1 aliphatic rings. The summed E-state index contributed by atoms with van der Waals surface area (Å²) in [5.74, 6) is 0.00273. The van der Waals surface area contributed by atoms with Crippen molar-refractivity contribution in [2.75, 3.05) is 0 Å². The van der Waals surface area contributed by atoms with Gasteiger partial charge in [-0.3, -0.25) is 5.09 Å². The molecule has 1 aliphatic carbocycles. The lowest BCUT2D eigenvalue weighted by atomic mass is 9.87. The number of hydrogen-bond donors (Lipinski definition) is 1. The van der Waals surface area contributed by atoms with Crippen LogP contribution in [0.2, 0.25) is 0 Å². The Morgan fingerprint density at radius 1 is 0.870 bits per heavy atom. The predicted molar refractivity (Wildman–Crippen MR) is 93.5 cm³/mol. The second kappa shape index (κ2) is 7.51. The number of hydrogen-bond acceptors (Lipinski definition) is 1. The van der Waals surface area contributed by atoms with Crippen LogP contribution in [-0.4, -0.2) is 6.04 Å². The van der Waals surface area contributed by atoms with Crippen molar-refractivity contribution in [3.63, 3.8) is 0 Å². The maximum atomic E-state index is 14.4. The lowest BCUT2D eigenvalue weighted by molar-refractivity contribution is 0.315. The van der Waals surface area contributed by atoms with Gasteiger partial charge < -0.3 is 0 Å². The molecule has 2 unspecified atom stereocenters. The second-order valence-electron chi connectivity index (χ2n) is 6.24. The molecule has 23 heavy (non-hydrogen) atoms. The fourth-order valence-corrected chi connectivity index (χ4v) is 5.51. The molecule has 0 amide bonds. The third-order valence-corrected chi connectivity index (χ3v) is 6.87. The Balaban J connectivity index is 1.97. The van der Waals surface area contributed by atoms with Crippen LogP contribution in [0.5, 0.6) is 0 Å². The molecule has 2 aromatic carbocycles. The maximum Gasteiger partial charge on any atom is 0.132 e. The van der Waals surface area contributed by atoms with E-state index >= 15 is 0 Å². The fourth-order valence-electron chi connectivity index (χ4n) is 3.21. The molecule has 1 nitrogen and oxygen atoms in total.